The molecule has 0 unspecified atom stereocenters. The van der Waals surface area contributed by atoms with E-state index in [1.165, 1.54) is 16.4 Å². The number of hydrogen-bond donors (Lipinski definition) is 1. The molecule has 2 aliphatic heterocycles. The lowest BCUT2D eigenvalue weighted by Crippen LogP contribution is -2.49. The zero-order valence-electron chi connectivity index (χ0n) is 22.7. The predicted molar refractivity (Wildman–Crippen MR) is 175 cm³/mol. The molecule has 0 radical (unpaired) electrons. The fourth-order valence-corrected chi connectivity index (χ4v) is 7.37. The fraction of sp³-hybridized carbons (Fsp3) is 0.156. The summed E-state index contributed by atoms with van der Waals surface area (Å²) in [6.07, 6.45) is 0. The lowest BCUT2D eigenvalue weighted by atomic mass is 9.93. The summed E-state index contributed by atoms with van der Waals surface area (Å²) in [6.45, 7) is 2.63. The van der Waals surface area contributed by atoms with Crippen LogP contribution in [0.1, 0.15) is 15.9 Å². The van der Waals surface area contributed by atoms with Crippen LogP contribution < -0.4 is 15.1 Å². The van der Waals surface area contributed by atoms with E-state index in [0.29, 0.717) is 58.2 Å². The van der Waals surface area contributed by atoms with Gasteiger partial charge < -0.3 is 15.1 Å². The second kappa shape index (κ2) is 11.4. The summed E-state index contributed by atoms with van der Waals surface area (Å²) < 4.78 is 5.84. The Kier molecular flexibility index (Phi) is 7.39. The van der Waals surface area contributed by atoms with Crippen molar-refractivity contribution in [1.82, 2.24) is 14.6 Å². The number of carbonyl (C=O) groups excluding carboxylic acids is 2. The van der Waals surface area contributed by atoms with Gasteiger partial charge in [0, 0.05) is 59.8 Å². The summed E-state index contributed by atoms with van der Waals surface area (Å²) in [5.41, 5.74) is 3.66. The van der Waals surface area contributed by atoms with E-state index in [1.807, 2.05) is 47.4 Å². The number of aromatic nitrogens is 1. The van der Waals surface area contributed by atoms with E-state index in [0.717, 1.165) is 32.6 Å². The molecule has 7 nitrogen and oxygen atoms in total. The van der Waals surface area contributed by atoms with E-state index in [1.54, 1.807) is 24.3 Å². The van der Waals surface area contributed by atoms with Gasteiger partial charge in [-0.2, -0.15) is 4.37 Å². The molecule has 0 atom stereocenters. The fourth-order valence-electron chi connectivity index (χ4n) is 5.77. The SMILES string of the molecule is O=C(c1cc(-c2ccccc2Cl)c2c(c1)N(c1c(Cl)cccc1Cl)C(=O)NC2)N1CCN(c2nsc3ccccc23)CC1. The van der Waals surface area contributed by atoms with Crippen LogP contribution in [0.4, 0.5) is 22.0 Å². The van der Waals surface area contributed by atoms with Gasteiger partial charge in [0.05, 0.1) is 26.1 Å². The maximum atomic E-state index is 14.1. The first-order chi connectivity index (χ1) is 20.9. The van der Waals surface area contributed by atoms with Crippen LogP contribution in [0.2, 0.25) is 15.1 Å². The van der Waals surface area contributed by atoms with Gasteiger partial charge in [0.1, 0.15) is 5.82 Å². The number of piperazine rings is 1. The highest BCUT2D eigenvalue weighted by Gasteiger charge is 2.33. The molecule has 0 bridgehead atoms. The van der Waals surface area contributed by atoms with Crippen LogP contribution in [0.5, 0.6) is 0 Å². The molecule has 0 aliphatic carbocycles. The van der Waals surface area contributed by atoms with Crippen molar-refractivity contribution in [2.45, 2.75) is 6.54 Å². The standard InChI is InChI=1S/C32H24Cl3N5O2S/c33-24-8-3-1-6-20(24)22-16-19(17-27-23(22)18-36-32(42)40(27)29-25(34)9-5-10-26(29)35)31(41)39-14-12-38(13-15-39)30-21-7-2-4-11-28(21)43-37-30/h1-11,16-17H,12-15,18H2,(H,36,42). The van der Waals surface area contributed by atoms with Gasteiger partial charge in [-0.1, -0.05) is 71.2 Å². The summed E-state index contributed by atoms with van der Waals surface area (Å²) in [6, 6.07) is 24.0. The second-order valence-electron chi connectivity index (χ2n) is 10.3. The molecule has 7 rings (SSSR count). The van der Waals surface area contributed by atoms with Crippen LogP contribution >= 0.6 is 46.3 Å². The number of hydrogen-bond acceptors (Lipinski definition) is 5. The molecular weight excluding hydrogens is 625 g/mol. The Hall–Kier alpha value is -3.82. The first-order valence-corrected chi connectivity index (χ1v) is 15.6. The molecule has 1 saturated heterocycles. The number of halogens is 3. The minimum Gasteiger partial charge on any atom is -0.352 e. The molecule has 1 fully saturated rings. The highest BCUT2D eigenvalue weighted by atomic mass is 35.5. The summed E-state index contributed by atoms with van der Waals surface area (Å²) in [5.74, 6) is 0.829. The highest BCUT2D eigenvalue weighted by Crippen LogP contribution is 2.45. The van der Waals surface area contributed by atoms with Crippen molar-refractivity contribution in [1.29, 1.82) is 0 Å². The normalized spacial score (nSPS) is 15.0. The monoisotopic (exact) mass is 647 g/mol. The van der Waals surface area contributed by atoms with Crippen molar-refractivity contribution in [3.05, 3.63) is 105 Å². The second-order valence-corrected chi connectivity index (χ2v) is 12.4. The lowest BCUT2D eigenvalue weighted by molar-refractivity contribution is 0.0746. The first-order valence-electron chi connectivity index (χ1n) is 13.7. The molecule has 216 valence electrons. The molecule has 3 amide bonds. The third-order valence-corrected chi connectivity index (χ3v) is 9.64. The van der Waals surface area contributed by atoms with Crippen molar-refractivity contribution < 1.29 is 9.59 Å². The lowest BCUT2D eigenvalue weighted by Gasteiger charge is -2.36. The molecule has 0 spiro atoms. The summed E-state index contributed by atoms with van der Waals surface area (Å²) in [7, 11) is 0. The van der Waals surface area contributed by atoms with Gasteiger partial charge in [0.2, 0.25) is 0 Å². The van der Waals surface area contributed by atoms with Crippen LogP contribution in [0.3, 0.4) is 0 Å². The predicted octanol–water partition coefficient (Wildman–Crippen LogP) is 8.25. The van der Waals surface area contributed by atoms with Gasteiger partial charge >= 0.3 is 6.03 Å². The number of nitrogens with one attached hydrogen (secondary N) is 1. The molecule has 2 aliphatic rings. The third kappa shape index (κ3) is 4.98. The number of anilines is 3. The van der Waals surface area contributed by atoms with Gasteiger partial charge in [-0.25, -0.2) is 4.79 Å². The molecule has 4 aromatic carbocycles. The van der Waals surface area contributed by atoms with Crippen molar-refractivity contribution in [2.75, 3.05) is 36.0 Å². The Morgan fingerprint density at radius 1 is 0.814 bits per heavy atom. The highest BCUT2D eigenvalue weighted by molar-refractivity contribution is 7.13. The summed E-state index contributed by atoms with van der Waals surface area (Å²) in [4.78, 5) is 33.0. The molecule has 3 heterocycles. The van der Waals surface area contributed by atoms with Crippen LogP contribution in [0.25, 0.3) is 21.2 Å². The minimum atomic E-state index is -0.388. The van der Waals surface area contributed by atoms with Crippen molar-refractivity contribution in [2.24, 2.45) is 0 Å². The maximum Gasteiger partial charge on any atom is 0.326 e. The van der Waals surface area contributed by atoms with Gasteiger partial charge in [-0.3, -0.25) is 9.69 Å². The van der Waals surface area contributed by atoms with Crippen LogP contribution in [-0.4, -0.2) is 47.4 Å². The third-order valence-electron chi connectivity index (χ3n) is 7.88. The molecule has 43 heavy (non-hydrogen) atoms. The minimum absolute atomic E-state index is 0.130. The Balaban J connectivity index is 1.27. The average molecular weight is 649 g/mol. The van der Waals surface area contributed by atoms with E-state index >= 15 is 0 Å². The Morgan fingerprint density at radius 3 is 2.28 bits per heavy atom. The number of fused-ring (bicyclic) bond motifs is 2. The van der Waals surface area contributed by atoms with Crippen molar-refractivity contribution in [3.8, 4) is 11.1 Å². The zero-order valence-corrected chi connectivity index (χ0v) is 25.8. The molecule has 1 aromatic heterocycles. The van der Waals surface area contributed by atoms with Crippen LogP contribution in [0, 0.1) is 0 Å². The van der Waals surface area contributed by atoms with Gasteiger partial charge in [-0.15, -0.1) is 0 Å². The van der Waals surface area contributed by atoms with E-state index < -0.39 is 0 Å². The number of nitrogens with zero attached hydrogens (tertiary/aromatic N) is 4. The summed E-state index contributed by atoms with van der Waals surface area (Å²) >= 11 is 21.3. The van der Waals surface area contributed by atoms with Crippen molar-refractivity contribution in [3.63, 3.8) is 0 Å². The van der Waals surface area contributed by atoms with Gasteiger partial charge in [-0.05, 0) is 59.6 Å². The summed E-state index contributed by atoms with van der Waals surface area (Å²) in [5, 5.41) is 5.24. The number of carbonyl (C=O) groups is 2. The van der Waals surface area contributed by atoms with Gasteiger partial charge in [0.15, 0.2) is 0 Å². The van der Waals surface area contributed by atoms with Crippen molar-refractivity contribution >= 4 is 85.6 Å². The molecule has 1 N–H and O–H groups in total. The molecular formula is C32H24Cl3N5O2S. The van der Waals surface area contributed by atoms with E-state index in [9.17, 15) is 9.59 Å². The Bertz CT molecular complexity index is 1880. The number of urea groups is 1. The molecule has 11 heteroatoms. The topological polar surface area (TPSA) is 68.8 Å². The molecule has 0 saturated carbocycles. The smallest absolute Gasteiger partial charge is 0.326 e. The first kappa shape index (κ1) is 28.0. The Morgan fingerprint density at radius 2 is 1.51 bits per heavy atom. The molecule has 5 aromatic rings. The zero-order chi connectivity index (χ0) is 29.7. The number of benzene rings is 4. The number of rotatable bonds is 4. The Labute approximate surface area is 267 Å². The number of para-hydroxylation sites is 1. The largest absolute Gasteiger partial charge is 0.352 e. The van der Waals surface area contributed by atoms with Gasteiger partial charge in [0.25, 0.3) is 5.91 Å². The van der Waals surface area contributed by atoms with E-state index in [4.69, 9.17) is 39.2 Å². The quantitative estimate of drug-likeness (QED) is 0.213. The van der Waals surface area contributed by atoms with E-state index in [2.05, 4.69) is 22.3 Å². The number of amides is 3. The van der Waals surface area contributed by atoms with Crippen LogP contribution in [-0.2, 0) is 6.54 Å². The maximum absolute atomic E-state index is 14.1. The van der Waals surface area contributed by atoms with Crippen LogP contribution in [0.15, 0.2) is 78.9 Å². The average Bonchev–Trinajstić information content (AvgIpc) is 3.46. The van der Waals surface area contributed by atoms with E-state index in [-0.39, 0.29) is 18.5 Å².